The Hall–Kier alpha value is -3.58. The van der Waals surface area contributed by atoms with E-state index in [1.165, 1.54) is 11.8 Å². The molecule has 0 bridgehead atoms. The van der Waals surface area contributed by atoms with Crippen molar-refractivity contribution in [2.24, 2.45) is 4.99 Å². The Bertz CT molecular complexity index is 1300. The van der Waals surface area contributed by atoms with Crippen LogP contribution in [-0.2, 0) is 16.1 Å². The molecule has 4 rings (SSSR count). The van der Waals surface area contributed by atoms with Gasteiger partial charge in [-0.1, -0.05) is 24.3 Å². The van der Waals surface area contributed by atoms with Crippen molar-refractivity contribution in [3.8, 4) is 0 Å². The number of likely N-dealkylation sites (N-methyl/N-ethyl adjacent to an activating group) is 1. The average Bonchev–Trinajstić information content (AvgIpc) is 3.23. The molecular formula is C26H25N3O3S. The van der Waals surface area contributed by atoms with Gasteiger partial charge >= 0.3 is 5.97 Å². The Labute approximate surface area is 197 Å². The summed E-state index contributed by atoms with van der Waals surface area (Å²) in [4.78, 5) is 31.6. The zero-order valence-electron chi connectivity index (χ0n) is 18.9. The molecule has 1 aliphatic heterocycles. The molecule has 3 aromatic rings. The Kier molecular flexibility index (Phi) is 6.51. The molecule has 6 nitrogen and oxygen atoms in total. The summed E-state index contributed by atoms with van der Waals surface area (Å²) in [6.45, 7) is 8.73. The Balaban J connectivity index is 1.66. The highest BCUT2D eigenvalue weighted by molar-refractivity contribution is 8.18. The van der Waals surface area contributed by atoms with E-state index in [1.54, 1.807) is 43.1 Å². The number of hydrogen-bond acceptors (Lipinski definition) is 5. The number of rotatable bonds is 6. The van der Waals surface area contributed by atoms with Gasteiger partial charge < -0.3 is 9.30 Å². The Morgan fingerprint density at radius 2 is 1.91 bits per heavy atom. The third-order valence-corrected chi connectivity index (χ3v) is 6.53. The number of aliphatic imine (C=N–C) groups is 1. The first-order valence-electron chi connectivity index (χ1n) is 10.7. The second kappa shape index (κ2) is 9.50. The monoisotopic (exact) mass is 459 g/mol. The van der Waals surface area contributed by atoms with E-state index in [-0.39, 0.29) is 11.9 Å². The van der Waals surface area contributed by atoms with Gasteiger partial charge in [0.25, 0.3) is 5.91 Å². The zero-order valence-corrected chi connectivity index (χ0v) is 19.7. The predicted octanol–water partition coefficient (Wildman–Crippen LogP) is 5.55. The molecule has 0 N–H and O–H groups in total. The van der Waals surface area contributed by atoms with Crippen LogP contribution in [0, 0.1) is 6.92 Å². The van der Waals surface area contributed by atoms with Crippen LogP contribution >= 0.6 is 11.8 Å². The number of aromatic nitrogens is 1. The molecule has 1 fully saturated rings. The lowest BCUT2D eigenvalue weighted by Crippen LogP contribution is -2.23. The SMILES string of the molecule is C=CCn1c(C)c(C=C2SC(=Nc3ccc(C(=O)OCC)cc3)N(C)C2=O)c2ccccc21. The maximum atomic E-state index is 13.0. The fraction of sp³-hybridized carbons (Fsp3) is 0.192. The number of amidine groups is 1. The van der Waals surface area contributed by atoms with Gasteiger partial charge in [0.15, 0.2) is 5.17 Å². The normalized spacial score (nSPS) is 16.2. The standard InChI is InChI=1S/C26H25N3O3S/c1-5-15-29-17(3)21(20-9-7-8-10-22(20)29)16-23-24(30)28(4)26(33-23)27-19-13-11-18(12-14-19)25(31)32-6-2/h5,7-14,16H,1,6,15H2,2-4H3. The number of allylic oxidation sites excluding steroid dienone is 1. The summed E-state index contributed by atoms with van der Waals surface area (Å²) in [6.07, 6.45) is 3.82. The smallest absolute Gasteiger partial charge is 0.338 e. The molecule has 0 atom stereocenters. The molecule has 0 radical (unpaired) electrons. The van der Waals surface area contributed by atoms with E-state index in [1.807, 2.05) is 24.3 Å². The van der Waals surface area contributed by atoms with Gasteiger partial charge in [-0.25, -0.2) is 9.79 Å². The quantitative estimate of drug-likeness (QED) is 0.276. The summed E-state index contributed by atoms with van der Waals surface area (Å²) >= 11 is 1.34. The van der Waals surface area contributed by atoms with Gasteiger partial charge in [-0.15, -0.1) is 6.58 Å². The lowest BCUT2D eigenvalue weighted by molar-refractivity contribution is -0.121. The van der Waals surface area contributed by atoms with E-state index < -0.39 is 0 Å². The molecule has 1 aromatic heterocycles. The van der Waals surface area contributed by atoms with Gasteiger partial charge in [0.2, 0.25) is 0 Å². The largest absolute Gasteiger partial charge is 0.462 e. The number of carbonyl (C=O) groups excluding carboxylic acids is 2. The number of hydrogen-bond donors (Lipinski definition) is 0. The second-order valence-corrected chi connectivity index (χ2v) is 8.56. The van der Waals surface area contributed by atoms with Crippen LogP contribution in [0.15, 0.2) is 71.1 Å². The van der Waals surface area contributed by atoms with Crippen LogP contribution in [0.1, 0.15) is 28.5 Å². The van der Waals surface area contributed by atoms with Gasteiger partial charge in [-0.2, -0.15) is 0 Å². The van der Waals surface area contributed by atoms with Crippen molar-refractivity contribution in [2.45, 2.75) is 20.4 Å². The second-order valence-electron chi connectivity index (χ2n) is 7.55. The van der Waals surface area contributed by atoms with Crippen LogP contribution in [-0.4, -0.2) is 40.2 Å². The van der Waals surface area contributed by atoms with Crippen LogP contribution in [0.2, 0.25) is 0 Å². The summed E-state index contributed by atoms with van der Waals surface area (Å²) in [7, 11) is 1.72. The molecular weight excluding hydrogens is 434 g/mol. The minimum Gasteiger partial charge on any atom is -0.462 e. The van der Waals surface area contributed by atoms with Crippen LogP contribution in [0.4, 0.5) is 5.69 Å². The molecule has 1 aliphatic rings. The Morgan fingerprint density at radius 1 is 1.18 bits per heavy atom. The van der Waals surface area contributed by atoms with E-state index >= 15 is 0 Å². The van der Waals surface area contributed by atoms with Crippen molar-refractivity contribution in [1.82, 2.24) is 9.47 Å². The number of esters is 1. The Morgan fingerprint density at radius 3 is 2.61 bits per heavy atom. The van der Waals surface area contributed by atoms with Crippen LogP contribution in [0.3, 0.4) is 0 Å². The first kappa shape index (κ1) is 22.6. The van der Waals surface area contributed by atoms with Gasteiger partial charge in [0.1, 0.15) is 0 Å². The van der Waals surface area contributed by atoms with Crippen LogP contribution < -0.4 is 0 Å². The van der Waals surface area contributed by atoms with Crippen molar-refractivity contribution in [3.05, 3.63) is 82.9 Å². The first-order valence-corrected chi connectivity index (χ1v) is 11.5. The van der Waals surface area contributed by atoms with Crippen molar-refractivity contribution >= 4 is 51.5 Å². The molecule has 0 saturated carbocycles. The lowest BCUT2D eigenvalue weighted by atomic mass is 10.1. The highest BCUT2D eigenvalue weighted by atomic mass is 32.2. The maximum Gasteiger partial charge on any atom is 0.338 e. The number of para-hydroxylation sites is 1. The molecule has 1 amide bonds. The van der Waals surface area contributed by atoms with Crippen LogP contribution in [0.25, 0.3) is 17.0 Å². The number of thioether (sulfide) groups is 1. The number of nitrogens with zero attached hydrogens (tertiary/aromatic N) is 3. The third-order valence-electron chi connectivity index (χ3n) is 5.47. The fourth-order valence-electron chi connectivity index (χ4n) is 3.78. The number of fused-ring (bicyclic) bond motifs is 1. The van der Waals surface area contributed by atoms with Gasteiger partial charge in [0.05, 0.1) is 22.8 Å². The van der Waals surface area contributed by atoms with Crippen LogP contribution in [0.5, 0.6) is 0 Å². The fourth-order valence-corrected chi connectivity index (χ4v) is 4.75. The molecule has 0 unspecified atom stereocenters. The third kappa shape index (κ3) is 4.36. The maximum absolute atomic E-state index is 13.0. The summed E-state index contributed by atoms with van der Waals surface area (Å²) in [5.74, 6) is -0.461. The molecule has 2 aromatic carbocycles. The first-order chi connectivity index (χ1) is 15.9. The van der Waals surface area contributed by atoms with Crippen molar-refractivity contribution in [3.63, 3.8) is 0 Å². The summed E-state index contributed by atoms with van der Waals surface area (Å²) in [5.41, 5.74) is 4.35. The van der Waals surface area contributed by atoms with E-state index in [0.717, 1.165) is 22.2 Å². The predicted molar refractivity (Wildman–Crippen MR) is 135 cm³/mol. The summed E-state index contributed by atoms with van der Waals surface area (Å²) < 4.78 is 7.21. The summed E-state index contributed by atoms with van der Waals surface area (Å²) in [5, 5.41) is 1.68. The number of ether oxygens (including phenoxy) is 1. The number of carbonyl (C=O) groups is 2. The molecule has 168 valence electrons. The topological polar surface area (TPSA) is 63.9 Å². The highest BCUT2D eigenvalue weighted by Gasteiger charge is 2.31. The van der Waals surface area contributed by atoms with Gasteiger partial charge in [-0.05, 0) is 62.0 Å². The number of amides is 1. The molecule has 0 spiro atoms. The summed E-state index contributed by atoms with van der Waals surface area (Å²) in [6, 6.07) is 15.0. The highest BCUT2D eigenvalue weighted by Crippen LogP contribution is 2.36. The van der Waals surface area contributed by atoms with Crippen molar-refractivity contribution in [2.75, 3.05) is 13.7 Å². The van der Waals surface area contributed by atoms with Crippen molar-refractivity contribution in [1.29, 1.82) is 0 Å². The molecule has 7 heteroatoms. The molecule has 0 aliphatic carbocycles. The van der Waals surface area contributed by atoms with E-state index in [4.69, 9.17) is 4.74 Å². The minimum atomic E-state index is -0.365. The van der Waals surface area contributed by atoms with E-state index in [2.05, 4.69) is 35.2 Å². The number of benzene rings is 2. The molecule has 1 saturated heterocycles. The lowest BCUT2D eigenvalue weighted by Gasteiger charge is -2.07. The zero-order chi connectivity index (χ0) is 23.5. The average molecular weight is 460 g/mol. The van der Waals surface area contributed by atoms with Crippen molar-refractivity contribution < 1.29 is 14.3 Å². The molecule has 2 heterocycles. The van der Waals surface area contributed by atoms with E-state index in [0.29, 0.717) is 34.5 Å². The van der Waals surface area contributed by atoms with Gasteiger partial charge in [-0.3, -0.25) is 9.69 Å². The minimum absolute atomic E-state index is 0.0955. The molecule has 33 heavy (non-hydrogen) atoms. The van der Waals surface area contributed by atoms with Gasteiger partial charge in [0, 0.05) is 35.8 Å². The van der Waals surface area contributed by atoms with E-state index in [9.17, 15) is 9.59 Å².